The number of hydrogen-bond acceptors (Lipinski definition) is 2. The molecule has 0 aromatic heterocycles. The summed E-state index contributed by atoms with van der Waals surface area (Å²) < 4.78 is 0. The van der Waals surface area contributed by atoms with Gasteiger partial charge in [-0.3, -0.25) is 4.90 Å². The molecule has 0 saturated carbocycles. The second-order valence-corrected chi connectivity index (χ2v) is 6.57. The van der Waals surface area contributed by atoms with Crippen LogP contribution in [0.3, 0.4) is 0 Å². The van der Waals surface area contributed by atoms with E-state index in [1.807, 2.05) is 0 Å². The van der Waals surface area contributed by atoms with Crippen molar-refractivity contribution in [2.24, 2.45) is 5.41 Å². The Labute approximate surface area is 101 Å². The van der Waals surface area contributed by atoms with Crippen LogP contribution in [-0.4, -0.2) is 42.0 Å². The molecule has 1 fully saturated rings. The maximum absolute atomic E-state index is 4.27. The third-order valence-electron chi connectivity index (χ3n) is 3.54. The van der Waals surface area contributed by atoms with Crippen molar-refractivity contribution in [1.29, 1.82) is 0 Å². The lowest BCUT2D eigenvalue weighted by molar-refractivity contribution is 0.0752. The summed E-state index contributed by atoms with van der Waals surface area (Å²) in [6.45, 7) is 17.9. The van der Waals surface area contributed by atoms with Crippen LogP contribution < -0.4 is 0 Å². The van der Waals surface area contributed by atoms with Crippen molar-refractivity contribution in [3.05, 3.63) is 12.3 Å². The van der Waals surface area contributed by atoms with Crippen LogP contribution in [-0.2, 0) is 0 Å². The molecule has 2 unspecified atom stereocenters. The number of likely N-dealkylation sites (N-methyl/N-ethyl adjacent to an activating group) is 1. The minimum atomic E-state index is 0.340. The maximum atomic E-state index is 4.27. The second kappa shape index (κ2) is 4.79. The van der Waals surface area contributed by atoms with Crippen molar-refractivity contribution >= 4 is 0 Å². The molecular formula is C14H28N2. The molecule has 2 nitrogen and oxygen atoms in total. The van der Waals surface area contributed by atoms with Crippen LogP contribution in [0.4, 0.5) is 0 Å². The molecule has 0 aliphatic carbocycles. The molecule has 1 aliphatic heterocycles. The molecular weight excluding hydrogens is 196 g/mol. The van der Waals surface area contributed by atoms with Gasteiger partial charge in [0.15, 0.2) is 0 Å². The molecule has 1 saturated heterocycles. The molecule has 0 bridgehead atoms. The zero-order valence-corrected chi connectivity index (χ0v) is 11.9. The van der Waals surface area contributed by atoms with Crippen LogP contribution in [0.25, 0.3) is 0 Å². The molecule has 2 atom stereocenters. The van der Waals surface area contributed by atoms with Crippen LogP contribution in [0, 0.1) is 5.41 Å². The summed E-state index contributed by atoms with van der Waals surface area (Å²) in [5.74, 6) is 0. The smallest absolute Gasteiger partial charge is 0.0329 e. The highest BCUT2D eigenvalue weighted by molar-refractivity contribution is 5.01. The number of nitrogens with zero attached hydrogens (tertiary/aromatic N) is 2. The minimum absolute atomic E-state index is 0.340. The van der Waals surface area contributed by atoms with E-state index in [9.17, 15) is 0 Å². The first kappa shape index (κ1) is 13.6. The monoisotopic (exact) mass is 224 g/mol. The Balaban J connectivity index is 2.58. The Kier molecular flexibility index (Phi) is 4.06. The van der Waals surface area contributed by atoms with E-state index in [1.165, 1.54) is 5.70 Å². The van der Waals surface area contributed by atoms with Crippen molar-refractivity contribution in [1.82, 2.24) is 9.80 Å². The highest BCUT2D eigenvalue weighted by atomic mass is 15.3. The van der Waals surface area contributed by atoms with Gasteiger partial charge in [-0.1, -0.05) is 27.4 Å². The summed E-state index contributed by atoms with van der Waals surface area (Å²) in [7, 11) is 2.22. The average molecular weight is 224 g/mol. The first-order chi connectivity index (χ1) is 7.20. The van der Waals surface area contributed by atoms with Crippen molar-refractivity contribution in [3.63, 3.8) is 0 Å². The Bertz CT molecular complexity index is 240. The molecule has 0 radical (unpaired) electrons. The largest absolute Gasteiger partial charge is 0.372 e. The van der Waals surface area contributed by atoms with Gasteiger partial charge < -0.3 is 4.90 Å². The Morgan fingerprint density at radius 1 is 1.19 bits per heavy atom. The number of piperazine rings is 1. The lowest BCUT2D eigenvalue weighted by Crippen LogP contribution is -2.54. The lowest BCUT2D eigenvalue weighted by Gasteiger charge is -2.45. The molecule has 0 spiro atoms. The van der Waals surface area contributed by atoms with Crippen molar-refractivity contribution in [3.8, 4) is 0 Å². The van der Waals surface area contributed by atoms with Gasteiger partial charge in [0.05, 0.1) is 0 Å². The third kappa shape index (κ3) is 3.51. The van der Waals surface area contributed by atoms with Gasteiger partial charge >= 0.3 is 0 Å². The van der Waals surface area contributed by atoms with Gasteiger partial charge in [-0.25, -0.2) is 0 Å². The van der Waals surface area contributed by atoms with Crippen LogP contribution in [0.2, 0.25) is 0 Å². The summed E-state index contributed by atoms with van der Waals surface area (Å²) in [6, 6.07) is 1.25. The number of hydrogen-bond donors (Lipinski definition) is 0. The van der Waals surface area contributed by atoms with E-state index in [1.54, 1.807) is 0 Å². The highest BCUT2D eigenvalue weighted by Crippen LogP contribution is 2.27. The molecule has 0 amide bonds. The molecule has 1 heterocycles. The van der Waals surface area contributed by atoms with Gasteiger partial charge in [0.1, 0.15) is 0 Å². The molecule has 2 heteroatoms. The summed E-state index contributed by atoms with van der Waals surface area (Å²) in [5.41, 5.74) is 1.65. The number of rotatable bonds is 2. The lowest BCUT2D eigenvalue weighted by atomic mass is 9.90. The van der Waals surface area contributed by atoms with Crippen LogP contribution in [0.5, 0.6) is 0 Å². The molecule has 0 N–H and O–H groups in total. The van der Waals surface area contributed by atoms with E-state index in [4.69, 9.17) is 0 Å². The van der Waals surface area contributed by atoms with Gasteiger partial charge in [-0.15, -0.1) is 0 Å². The Morgan fingerprint density at radius 3 is 2.00 bits per heavy atom. The zero-order valence-electron chi connectivity index (χ0n) is 11.9. The number of allylic oxidation sites excluding steroid dienone is 1. The van der Waals surface area contributed by atoms with Gasteiger partial charge in [-0.2, -0.15) is 0 Å². The standard InChI is InChI=1S/C14H28N2/c1-11(8-14(4,5)6)16-9-12(2)15(7)13(3)10-16/h12-13H,1,8-10H2,2-7H3. The first-order valence-corrected chi connectivity index (χ1v) is 6.35. The fraction of sp³-hybridized carbons (Fsp3) is 0.857. The molecule has 94 valence electrons. The average Bonchev–Trinajstić information content (AvgIpc) is 2.10. The maximum Gasteiger partial charge on any atom is 0.0329 e. The van der Waals surface area contributed by atoms with Gasteiger partial charge in [-0.05, 0) is 32.7 Å². The summed E-state index contributed by atoms with van der Waals surface area (Å²) in [5, 5.41) is 0. The van der Waals surface area contributed by atoms with E-state index in [2.05, 4.69) is 58.0 Å². The van der Waals surface area contributed by atoms with Crippen molar-refractivity contribution < 1.29 is 0 Å². The van der Waals surface area contributed by atoms with E-state index in [0.717, 1.165) is 19.5 Å². The van der Waals surface area contributed by atoms with Crippen LogP contribution in [0.15, 0.2) is 12.3 Å². The summed E-state index contributed by atoms with van der Waals surface area (Å²) in [6.07, 6.45) is 1.09. The Morgan fingerprint density at radius 2 is 1.62 bits per heavy atom. The normalized spacial score (nSPS) is 28.2. The van der Waals surface area contributed by atoms with Crippen LogP contribution >= 0.6 is 0 Å². The zero-order chi connectivity index (χ0) is 12.5. The molecule has 0 aromatic rings. The predicted molar refractivity (Wildman–Crippen MR) is 71.5 cm³/mol. The van der Waals surface area contributed by atoms with E-state index < -0.39 is 0 Å². The molecule has 0 aromatic carbocycles. The van der Waals surface area contributed by atoms with E-state index >= 15 is 0 Å². The quantitative estimate of drug-likeness (QED) is 0.711. The van der Waals surface area contributed by atoms with E-state index in [0.29, 0.717) is 17.5 Å². The van der Waals surface area contributed by atoms with Gasteiger partial charge in [0, 0.05) is 30.9 Å². The van der Waals surface area contributed by atoms with Crippen molar-refractivity contribution in [2.45, 2.75) is 53.1 Å². The van der Waals surface area contributed by atoms with Crippen molar-refractivity contribution in [2.75, 3.05) is 20.1 Å². The fourth-order valence-corrected chi connectivity index (χ4v) is 2.39. The van der Waals surface area contributed by atoms with Gasteiger partial charge in [0.2, 0.25) is 0 Å². The summed E-state index contributed by atoms with van der Waals surface area (Å²) in [4.78, 5) is 4.93. The minimum Gasteiger partial charge on any atom is -0.372 e. The molecule has 16 heavy (non-hydrogen) atoms. The predicted octanol–water partition coefficient (Wildman–Crippen LogP) is 2.96. The molecule has 1 aliphatic rings. The van der Waals surface area contributed by atoms with Gasteiger partial charge in [0.25, 0.3) is 0 Å². The molecule has 1 rings (SSSR count). The Hall–Kier alpha value is -0.500. The first-order valence-electron chi connectivity index (χ1n) is 6.35. The van der Waals surface area contributed by atoms with E-state index in [-0.39, 0.29) is 0 Å². The van der Waals surface area contributed by atoms with Crippen LogP contribution in [0.1, 0.15) is 41.0 Å². The topological polar surface area (TPSA) is 6.48 Å². The summed E-state index contributed by atoms with van der Waals surface area (Å²) >= 11 is 0. The third-order valence-corrected chi connectivity index (χ3v) is 3.54. The second-order valence-electron chi connectivity index (χ2n) is 6.57. The fourth-order valence-electron chi connectivity index (χ4n) is 2.39. The SMILES string of the molecule is C=C(CC(C)(C)C)N1CC(C)N(C)C(C)C1. The highest BCUT2D eigenvalue weighted by Gasteiger charge is 2.28.